The number of amides is 4. The lowest BCUT2D eigenvalue weighted by Crippen LogP contribution is -2.41. The number of rotatable bonds is 9. The van der Waals surface area contributed by atoms with E-state index in [-0.39, 0.29) is 31.8 Å². The monoisotopic (exact) mass is 414 g/mol. The molecular weight excluding hydrogens is 392 g/mol. The summed E-state index contributed by atoms with van der Waals surface area (Å²) in [6, 6.07) is 15.3. The second kappa shape index (κ2) is 11.8. The number of carbonyl (C=O) groups excluding carboxylic acids is 4. The second-order valence-electron chi connectivity index (χ2n) is 6.11. The van der Waals surface area contributed by atoms with Gasteiger partial charge in [-0.3, -0.25) is 19.6 Å². The van der Waals surface area contributed by atoms with Crippen molar-refractivity contribution >= 4 is 23.8 Å². The average Bonchev–Trinajstić information content (AvgIpc) is 2.79. The van der Waals surface area contributed by atoms with Gasteiger partial charge in [-0.15, -0.1) is 0 Å². The third-order valence-corrected chi connectivity index (χ3v) is 3.86. The van der Waals surface area contributed by atoms with Gasteiger partial charge in [-0.05, 0) is 23.3 Å². The summed E-state index contributed by atoms with van der Waals surface area (Å²) in [5.74, 6) is -1.60. The molecule has 0 saturated carbocycles. The van der Waals surface area contributed by atoms with Crippen LogP contribution in [0.25, 0.3) is 0 Å². The van der Waals surface area contributed by atoms with Crippen LogP contribution < -0.4 is 21.4 Å². The Bertz CT molecular complexity index is 871. The first-order valence-electron chi connectivity index (χ1n) is 8.99. The molecule has 0 bridgehead atoms. The lowest BCUT2D eigenvalue weighted by atomic mass is 10.1. The van der Waals surface area contributed by atoms with Crippen molar-refractivity contribution in [1.29, 1.82) is 0 Å². The lowest BCUT2D eigenvalue weighted by molar-refractivity contribution is -0.125. The van der Waals surface area contributed by atoms with Crippen molar-refractivity contribution in [2.45, 2.75) is 13.2 Å². The predicted molar refractivity (Wildman–Crippen MR) is 105 cm³/mol. The van der Waals surface area contributed by atoms with E-state index in [2.05, 4.69) is 16.0 Å². The number of ether oxygens (including phenoxy) is 1. The van der Waals surface area contributed by atoms with Gasteiger partial charge in [0.25, 0.3) is 5.91 Å². The van der Waals surface area contributed by atoms with Crippen LogP contribution in [0.1, 0.15) is 21.5 Å². The molecule has 5 N–H and O–H groups in total. The van der Waals surface area contributed by atoms with Gasteiger partial charge >= 0.3 is 6.09 Å². The predicted octanol–water partition coefficient (Wildman–Crippen LogP) is 0.464. The number of hydrogen-bond donors (Lipinski definition) is 5. The van der Waals surface area contributed by atoms with Gasteiger partial charge in [-0.1, -0.05) is 42.5 Å². The van der Waals surface area contributed by atoms with E-state index < -0.39 is 23.8 Å². The van der Waals surface area contributed by atoms with E-state index in [0.717, 1.165) is 11.1 Å². The Morgan fingerprint density at radius 2 is 1.40 bits per heavy atom. The highest BCUT2D eigenvalue weighted by atomic mass is 16.5. The van der Waals surface area contributed by atoms with Gasteiger partial charge in [0.2, 0.25) is 11.8 Å². The topological polar surface area (TPSA) is 146 Å². The Balaban J connectivity index is 1.60. The molecule has 10 nitrogen and oxygen atoms in total. The van der Waals surface area contributed by atoms with Crippen LogP contribution in [-0.2, 0) is 27.5 Å². The normalized spacial score (nSPS) is 9.90. The molecule has 30 heavy (non-hydrogen) atoms. The maximum Gasteiger partial charge on any atom is 0.407 e. The summed E-state index contributed by atoms with van der Waals surface area (Å²) in [7, 11) is 0. The van der Waals surface area contributed by atoms with Crippen molar-refractivity contribution in [3.8, 4) is 0 Å². The molecule has 2 aromatic rings. The molecule has 2 rings (SSSR count). The maximum atomic E-state index is 11.8. The fraction of sp³-hybridized carbons (Fsp3) is 0.200. The summed E-state index contributed by atoms with van der Waals surface area (Å²) < 4.78 is 4.97. The first-order valence-corrected chi connectivity index (χ1v) is 8.99. The second-order valence-corrected chi connectivity index (χ2v) is 6.11. The number of carbonyl (C=O) groups is 4. The molecule has 158 valence electrons. The van der Waals surface area contributed by atoms with Crippen LogP contribution in [0.4, 0.5) is 4.79 Å². The minimum absolute atomic E-state index is 0.0857. The maximum absolute atomic E-state index is 11.8. The van der Waals surface area contributed by atoms with Crippen molar-refractivity contribution in [3.63, 3.8) is 0 Å². The molecule has 0 unspecified atom stereocenters. The fourth-order valence-corrected chi connectivity index (χ4v) is 2.27. The molecule has 0 aliphatic heterocycles. The van der Waals surface area contributed by atoms with Crippen LogP contribution in [0.5, 0.6) is 0 Å². The number of alkyl carbamates (subject to hydrolysis) is 1. The van der Waals surface area contributed by atoms with E-state index >= 15 is 0 Å². The summed E-state index contributed by atoms with van der Waals surface area (Å²) in [6.45, 7) is -0.304. The molecule has 0 spiro atoms. The third-order valence-electron chi connectivity index (χ3n) is 3.86. The third kappa shape index (κ3) is 7.98. The highest BCUT2D eigenvalue weighted by molar-refractivity contribution is 5.93. The lowest BCUT2D eigenvalue weighted by Gasteiger charge is -2.09. The number of hydroxylamine groups is 1. The summed E-state index contributed by atoms with van der Waals surface area (Å²) in [6.07, 6.45) is -0.739. The molecule has 0 radical (unpaired) electrons. The van der Waals surface area contributed by atoms with Crippen molar-refractivity contribution in [1.82, 2.24) is 21.4 Å². The first kappa shape index (κ1) is 22.4. The number of hydrogen-bond acceptors (Lipinski definition) is 6. The molecule has 0 saturated heterocycles. The molecule has 0 atom stereocenters. The van der Waals surface area contributed by atoms with E-state index in [4.69, 9.17) is 9.94 Å². The van der Waals surface area contributed by atoms with Crippen molar-refractivity contribution < 1.29 is 29.1 Å². The van der Waals surface area contributed by atoms with Gasteiger partial charge in [0.05, 0.1) is 6.54 Å². The van der Waals surface area contributed by atoms with Gasteiger partial charge < -0.3 is 20.7 Å². The standard InChI is InChI=1S/C20H22N4O6/c25-17(21-10-14-6-8-16(9-7-14)19(27)24-29)11-22-18(26)12-23-20(28)30-13-15-4-2-1-3-5-15/h1-9,29H,10-13H2,(H,21,25)(H,22,26)(H,23,28)(H,24,27). The summed E-state index contributed by atoms with van der Waals surface area (Å²) in [5.41, 5.74) is 3.35. The summed E-state index contributed by atoms with van der Waals surface area (Å²) in [4.78, 5) is 46.3. The van der Waals surface area contributed by atoms with Crippen molar-refractivity contribution in [3.05, 3.63) is 71.3 Å². The number of nitrogens with one attached hydrogen (secondary N) is 4. The van der Waals surface area contributed by atoms with Crippen LogP contribution in [0.3, 0.4) is 0 Å². The van der Waals surface area contributed by atoms with Crippen LogP contribution in [0.2, 0.25) is 0 Å². The number of benzene rings is 2. The van der Waals surface area contributed by atoms with E-state index in [1.54, 1.807) is 24.3 Å². The average molecular weight is 414 g/mol. The first-order chi connectivity index (χ1) is 14.5. The molecule has 0 heterocycles. The SMILES string of the molecule is O=C(CNC(=O)CNC(=O)OCc1ccccc1)NCc1ccc(C(=O)NO)cc1. The highest BCUT2D eigenvalue weighted by Crippen LogP contribution is 2.04. The molecule has 2 aromatic carbocycles. The van der Waals surface area contributed by atoms with E-state index in [0.29, 0.717) is 0 Å². The van der Waals surface area contributed by atoms with Gasteiger partial charge in [0.15, 0.2) is 0 Å². The van der Waals surface area contributed by atoms with E-state index in [1.807, 2.05) is 18.2 Å². The zero-order valence-corrected chi connectivity index (χ0v) is 16.0. The van der Waals surface area contributed by atoms with Crippen LogP contribution in [0, 0.1) is 0 Å². The molecule has 10 heteroatoms. The molecule has 0 aromatic heterocycles. The quantitative estimate of drug-likeness (QED) is 0.298. The summed E-state index contributed by atoms with van der Waals surface area (Å²) >= 11 is 0. The van der Waals surface area contributed by atoms with Crippen LogP contribution in [-0.4, -0.2) is 42.1 Å². The van der Waals surface area contributed by atoms with Crippen molar-refractivity contribution in [2.75, 3.05) is 13.1 Å². The largest absolute Gasteiger partial charge is 0.445 e. The molecule has 0 aliphatic rings. The van der Waals surface area contributed by atoms with E-state index in [9.17, 15) is 19.2 Å². The Labute approximate surface area is 172 Å². The van der Waals surface area contributed by atoms with Gasteiger partial charge in [0, 0.05) is 12.1 Å². The fourth-order valence-electron chi connectivity index (χ4n) is 2.27. The Hall–Kier alpha value is -3.92. The Kier molecular flexibility index (Phi) is 8.81. The van der Waals surface area contributed by atoms with Crippen LogP contribution >= 0.6 is 0 Å². The Morgan fingerprint density at radius 3 is 2.07 bits per heavy atom. The molecular formula is C20H22N4O6. The molecule has 0 aliphatic carbocycles. The summed E-state index contributed by atoms with van der Waals surface area (Å²) in [5, 5.41) is 15.8. The zero-order valence-electron chi connectivity index (χ0n) is 16.0. The van der Waals surface area contributed by atoms with Crippen LogP contribution in [0.15, 0.2) is 54.6 Å². The van der Waals surface area contributed by atoms with Gasteiger partial charge in [0.1, 0.15) is 13.2 Å². The molecule has 0 fully saturated rings. The minimum atomic E-state index is -0.739. The van der Waals surface area contributed by atoms with Gasteiger partial charge in [-0.25, -0.2) is 10.3 Å². The smallest absolute Gasteiger partial charge is 0.407 e. The van der Waals surface area contributed by atoms with Gasteiger partial charge in [-0.2, -0.15) is 0 Å². The zero-order chi connectivity index (χ0) is 21.8. The minimum Gasteiger partial charge on any atom is -0.445 e. The van der Waals surface area contributed by atoms with Crippen molar-refractivity contribution in [2.24, 2.45) is 0 Å². The van der Waals surface area contributed by atoms with E-state index in [1.165, 1.54) is 17.6 Å². The highest BCUT2D eigenvalue weighted by Gasteiger charge is 2.09. The molecule has 4 amide bonds. The Morgan fingerprint density at radius 1 is 0.767 bits per heavy atom.